The molecule has 2 aromatic heterocycles. The summed E-state index contributed by atoms with van der Waals surface area (Å²) in [5, 5.41) is 12.0. The van der Waals surface area contributed by atoms with Crippen LogP contribution in [0.4, 0.5) is 5.82 Å². The number of piperazine rings is 1. The Morgan fingerprint density at radius 2 is 2.24 bits per heavy atom. The molecule has 0 aliphatic carbocycles. The summed E-state index contributed by atoms with van der Waals surface area (Å²) in [5.74, 6) is -0.195. The van der Waals surface area contributed by atoms with Crippen LogP contribution >= 0.6 is 0 Å². The number of hydrogen-bond donors (Lipinski definition) is 2. The van der Waals surface area contributed by atoms with Crippen LogP contribution in [0, 0.1) is 0 Å². The third kappa shape index (κ3) is 2.15. The molecular weight excluding hydrogens is 272 g/mol. The number of nitrogens with zero attached hydrogens (tertiary/aromatic N) is 3. The first-order valence-electron chi connectivity index (χ1n) is 6.82. The second-order valence-corrected chi connectivity index (χ2v) is 4.93. The van der Waals surface area contributed by atoms with Crippen molar-refractivity contribution in [2.24, 2.45) is 0 Å². The van der Waals surface area contributed by atoms with E-state index < -0.39 is 6.04 Å². The van der Waals surface area contributed by atoms with E-state index in [1.807, 2.05) is 25.1 Å². The van der Waals surface area contributed by atoms with Crippen LogP contribution < -0.4 is 10.2 Å². The molecule has 0 bridgehead atoms. The van der Waals surface area contributed by atoms with Crippen LogP contribution in [-0.2, 0) is 16.2 Å². The number of hydrogen-bond acceptors (Lipinski definition) is 5. The molecule has 3 rings (SSSR count). The van der Waals surface area contributed by atoms with Gasteiger partial charge in [0.25, 0.3) is 0 Å². The van der Waals surface area contributed by atoms with Gasteiger partial charge in [0.1, 0.15) is 11.7 Å². The monoisotopic (exact) mass is 288 g/mol. The number of carbonyl (C=O) groups is 2. The number of carbonyl (C=O) groups excluding carboxylic acids is 2. The molecule has 1 saturated heterocycles. The Kier molecular flexibility index (Phi) is 3.34. The molecule has 1 unspecified atom stereocenters. The van der Waals surface area contributed by atoms with E-state index in [-0.39, 0.29) is 25.0 Å². The van der Waals surface area contributed by atoms with E-state index in [0.29, 0.717) is 23.6 Å². The number of aliphatic hydroxyl groups is 1. The molecule has 1 aliphatic rings. The Labute approximate surface area is 121 Å². The van der Waals surface area contributed by atoms with E-state index in [9.17, 15) is 14.7 Å². The number of imidazole rings is 1. The van der Waals surface area contributed by atoms with Crippen molar-refractivity contribution in [2.45, 2.75) is 26.0 Å². The number of anilines is 1. The molecule has 7 heteroatoms. The van der Waals surface area contributed by atoms with E-state index in [1.165, 1.54) is 0 Å². The van der Waals surface area contributed by atoms with Gasteiger partial charge in [0.15, 0.2) is 5.82 Å². The highest BCUT2D eigenvalue weighted by molar-refractivity contribution is 6.04. The minimum Gasteiger partial charge on any atom is -0.390 e. The van der Waals surface area contributed by atoms with Crippen molar-refractivity contribution in [3.05, 3.63) is 30.1 Å². The third-order valence-corrected chi connectivity index (χ3v) is 3.67. The second-order valence-electron chi connectivity index (χ2n) is 4.93. The fourth-order valence-corrected chi connectivity index (χ4v) is 2.71. The molecule has 0 saturated carbocycles. The molecule has 21 heavy (non-hydrogen) atoms. The minimum absolute atomic E-state index is 0.0567. The fraction of sp³-hybridized carbons (Fsp3) is 0.357. The summed E-state index contributed by atoms with van der Waals surface area (Å²) >= 11 is 0. The van der Waals surface area contributed by atoms with Crippen molar-refractivity contribution in [1.82, 2.24) is 14.7 Å². The highest BCUT2D eigenvalue weighted by Gasteiger charge is 2.35. The Hall–Kier alpha value is -2.41. The van der Waals surface area contributed by atoms with Gasteiger partial charge in [0.2, 0.25) is 11.8 Å². The maximum absolute atomic E-state index is 12.0. The molecule has 1 aliphatic heterocycles. The number of aliphatic hydroxyl groups excluding tert-OH is 1. The zero-order valence-corrected chi connectivity index (χ0v) is 11.6. The smallest absolute Gasteiger partial charge is 0.249 e. The number of imide groups is 1. The zero-order chi connectivity index (χ0) is 15.0. The number of pyridine rings is 1. The maximum atomic E-state index is 12.0. The van der Waals surface area contributed by atoms with E-state index >= 15 is 0 Å². The third-order valence-electron chi connectivity index (χ3n) is 3.67. The topological polar surface area (TPSA) is 86.9 Å². The van der Waals surface area contributed by atoms with E-state index in [4.69, 9.17) is 0 Å². The highest BCUT2D eigenvalue weighted by Crippen LogP contribution is 2.25. The summed E-state index contributed by atoms with van der Waals surface area (Å²) < 4.78 is 1.76. The molecular formula is C14H16N4O3. The SMILES string of the molecule is CCC1C(=O)NC(=O)CN1c1nc2ccccn2c1CO. The quantitative estimate of drug-likeness (QED) is 0.780. The number of nitrogens with one attached hydrogen (secondary N) is 1. The van der Waals surface area contributed by atoms with Crippen molar-refractivity contribution >= 4 is 23.3 Å². The van der Waals surface area contributed by atoms with Gasteiger partial charge in [-0.25, -0.2) is 4.98 Å². The summed E-state index contributed by atoms with van der Waals surface area (Å²) in [7, 11) is 0. The molecule has 3 heterocycles. The lowest BCUT2D eigenvalue weighted by Crippen LogP contribution is -2.58. The molecule has 0 spiro atoms. The van der Waals surface area contributed by atoms with Gasteiger partial charge in [0, 0.05) is 6.20 Å². The Morgan fingerprint density at radius 1 is 1.43 bits per heavy atom. The van der Waals surface area contributed by atoms with Crippen LogP contribution in [-0.4, -0.2) is 38.9 Å². The second kappa shape index (κ2) is 5.17. The molecule has 0 aromatic carbocycles. The van der Waals surface area contributed by atoms with Gasteiger partial charge in [-0.05, 0) is 18.6 Å². The van der Waals surface area contributed by atoms with E-state index in [1.54, 1.807) is 15.5 Å². The van der Waals surface area contributed by atoms with Gasteiger partial charge in [-0.1, -0.05) is 13.0 Å². The number of fused-ring (bicyclic) bond motifs is 1. The van der Waals surface area contributed by atoms with Crippen LogP contribution in [0.1, 0.15) is 19.0 Å². The molecule has 110 valence electrons. The molecule has 1 atom stereocenters. The standard InChI is InChI=1S/C14H16N4O3/c1-2-9-14(21)16-12(20)7-18(9)13-10(8-19)17-6-4-3-5-11(17)15-13/h3-6,9,19H,2,7-8H2,1H3,(H,16,20,21). The van der Waals surface area contributed by atoms with Crippen molar-refractivity contribution in [3.8, 4) is 0 Å². The summed E-state index contributed by atoms with van der Waals surface area (Å²) in [5.41, 5.74) is 1.25. The minimum atomic E-state index is -0.460. The van der Waals surface area contributed by atoms with Gasteiger partial charge in [-0.15, -0.1) is 0 Å². The van der Waals surface area contributed by atoms with Crippen LogP contribution in [0.25, 0.3) is 5.65 Å². The van der Waals surface area contributed by atoms with Gasteiger partial charge in [-0.3, -0.25) is 19.3 Å². The highest BCUT2D eigenvalue weighted by atomic mass is 16.3. The van der Waals surface area contributed by atoms with Crippen LogP contribution in [0.3, 0.4) is 0 Å². The lowest BCUT2D eigenvalue weighted by molar-refractivity contribution is -0.132. The van der Waals surface area contributed by atoms with Crippen molar-refractivity contribution in [3.63, 3.8) is 0 Å². The molecule has 7 nitrogen and oxygen atoms in total. The first kappa shape index (κ1) is 13.6. The first-order chi connectivity index (χ1) is 10.2. The van der Waals surface area contributed by atoms with Crippen molar-refractivity contribution < 1.29 is 14.7 Å². The van der Waals surface area contributed by atoms with Crippen LogP contribution in [0.15, 0.2) is 24.4 Å². The predicted molar refractivity (Wildman–Crippen MR) is 75.7 cm³/mol. The van der Waals surface area contributed by atoms with Gasteiger partial charge in [0.05, 0.1) is 18.8 Å². The Balaban J connectivity index is 2.13. The average molecular weight is 288 g/mol. The molecule has 1 fully saturated rings. The lowest BCUT2D eigenvalue weighted by Gasteiger charge is -2.34. The fourth-order valence-electron chi connectivity index (χ4n) is 2.71. The van der Waals surface area contributed by atoms with Crippen molar-refractivity contribution in [2.75, 3.05) is 11.4 Å². The summed E-state index contributed by atoms with van der Waals surface area (Å²) in [6.45, 7) is 1.71. The van der Waals surface area contributed by atoms with Gasteiger partial charge >= 0.3 is 0 Å². The number of aromatic nitrogens is 2. The number of rotatable bonds is 3. The summed E-state index contributed by atoms with van der Waals surface area (Å²) in [4.78, 5) is 29.8. The lowest BCUT2D eigenvalue weighted by atomic mass is 10.1. The number of amides is 2. The van der Waals surface area contributed by atoms with Gasteiger partial charge < -0.3 is 10.0 Å². The van der Waals surface area contributed by atoms with Crippen LogP contribution in [0.5, 0.6) is 0 Å². The Bertz CT molecular complexity index is 709. The molecule has 2 N–H and O–H groups in total. The normalized spacial score (nSPS) is 19.1. The van der Waals surface area contributed by atoms with Crippen LogP contribution in [0.2, 0.25) is 0 Å². The van der Waals surface area contributed by atoms with E-state index in [2.05, 4.69) is 10.3 Å². The Morgan fingerprint density at radius 3 is 2.95 bits per heavy atom. The largest absolute Gasteiger partial charge is 0.390 e. The first-order valence-corrected chi connectivity index (χ1v) is 6.82. The predicted octanol–water partition coefficient (Wildman–Crippen LogP) is 0.0680. The summed E-state index contributed by atoms with van der Waals surface area (Å²) in [6, 6.07) is 5.04. The average Bonchev–Trinajstić information content (AvgIpc) is 2.84. The summed E-state index contributed by atoms with van der Waals surface area (Å²) in [6.07, 6.45) is 2.35. The zero-order valence-electron chi connectivity index (χ0n) is 11.6. The van der Waals surface area contributed by atoms with Crippen molar-refractivity contribution in [1.29, 1.82) is 0 Å². The van der Waals surface area contributed by atoms with E-state index in [0.717, 1.165) is 0 Å². The molecule has 2 amide bonds. The molecule has 0 radical (unpaired) electrons. The van der Waals surface area contributed by atoms with Gasteiger partial charge in [-0.2, -0.15) is 0 Å². The maximum Gasteiger partial charge on any atom is 0.249 e. The molecule has 2 aromatic rings.